The predicted molar refractivity (Wildman–Crippen MR) is 74.6 cm³/mol. The third-order valence-electron chi connectivity index (χ3n) is 3.02. The molecule has 1 aromatic rings. The van der Waals surface area contributed by atoms with Gasteiger partial charge in [-0.2, -0.15) is 0 Å². The Bertz CT molecular complexity index is 508. The van der Waals surface area contributed by atoms with Crippen LogP contribution in [0.5, 0.6) is 0 Å². The summed E-state index contributed by atoms with van der Waals surface area (Å²) in [5, 5.41) is 0. The van der Waals surface area contributed by atoms with E-state index in [9.17, 15) is 8.42 Å². The fourth-order valence-corrected chi connectivity index (χ4v) is 2.60. The molecular formula is C12H19N3O2S. The predicted octanol–water partition coefficient (Wildman–Crippen LogP) is 0.810. The molecule has 100 valence electrons. The van der Waals surface area contributed by atoms with E-state index in [1.807, 2.05) is 18.2 Å². The molecule has 0 aliphatic carbocycles. The van der Waals surface area contributed by atoms with Gasteiger partial charge in [-0.05, 0) is 25.2 Å². The van der Waals surface area contributed by atoms with Crippen molar-refractivity contribution >= 4 is 21.4 Å². The largest absolute Gasteiger partial charge is 0.369 e. The summed E-state index contributed by atoms with van der Waals surface area (Å²) in [6.07, 6.45) is 1.16. The molecule has 0 saturated carbocycles. The number of rotatable bonds is 3. The molecule has 0 bridgehead atoms. The summed E-state index contributed by atoms with van der Waals surface area (Å²) in [5.74, 6) is 0. The van der Waals surface area contributed by atoms with Crippen molar-refractivity contribution in [1.82, 2.24) is 4.90 Å². The van der Waals surface area contributed by atoms with E-state index in [4.69, 9.17) is 0 Å². The van der Waals surface area contributed by atoms with Crippen LogP contribution < -0.4 is 9.62 Å². The Morgan fingerprint density at radius 3 is 2.44 bits per heavy atom. The Kier molecular flexibility index (Phi) is 3.77. The van der Waals surface area contributed by atoms with Crippen molar-refractivity contribution in [2.75, 3.05) is 49.1 Å². The van der Waals surface area contributed by atoms with Crippen molar-refractivity contribution in [3.8, 4) is 0 Å². The highest BCUT2D eigenvalue weighted by molar-refractivity contribution is 7.92. The second-order valence-electron chi connectivity index (χ2n) is 4.71. The molecule has 1 aromatic carbocycles. The Morgan fingerprint density at radius 1 is 1.17 bits per heavy atom. The minimum Gasteiger partial charge on any atom is -0.369 e. The third-order valence-corrected chi connectivity index (χ3v) is 3.62. The number of hydrogen-bond donors (Lipinski definition) is 1. The minimum absolute atomic E-state index is 0.619. The van der Waals surface area contributed by atoms with Gasteiger partial charge in [0.2, 0.25) is 10.0 Å². The first kappa shape index (κ1) is 13.2. The molecule has 0 atom stereocenters. The van der Waals surface area contributed by atoms with Gasteiger partial charge in [-0.25, -0.2) is 8.42 Å². The molecule has 1 fully saturated rings. The maximum atomic E-state index is 11.2. The molecule has 1 N–H and O–H groups in total. The second kappa shape index (κ2) is 5.16. The van der Waals surface area contributed by atoms with Crippen LogP contribution in [0.3, 0.4) is 0 Å². The van der Waals surface area contributed by atoms with E-state index in [-0.39, 0.29) is 0 Å². The van der Waals surface area contributed by atoms with Crippen LogP contribution in [0.2, 0.25) is 0 Å². The Morgan fingerprint density at radius 2 is 1.83 bits per heavy atom. The first-order valence-corrected chi connectivity index (χ1v) is 7.84. The van der Waals surface area contributed by atoms with E-state index < -0.39 is 10.0 Å². The van der Waals surface area contributed by atoms with Crippen molar-refractivity contribution in [1.29, 1.82) is 0 Å². The van der Waals surface area contributed by atoms with Crippen molar-refractivity contribution < 1.29 is 8.42 Å². The second-order valence-corrected chi connectivity index (χ2v) is 6.46. The van der Waals surface area contributed by atoms with Crippen LogP contribution in [0.25, 0.3) is 0 Å². The van der Waals surface area contributed by atoms with E-state index in [0.717, 1.165) is 38.1 Å². The maximum absolute atomic E-state index is 11.2. The first-order chi connectivity index (χ1) is 8.44. The summed E-state index contributed by atoms with van der Waals surface area (Å²) >= 11 is 0. The summed E-state index contributed by atoms with van der Waals surface area (Å²) in [7, 11) is -1.10. The lowest BCUT2D eigenvalue weighted by atomic mass is 10.2. The van der Waals surface area contributed by atoms with Crippen molar-refractivity contribution in [2.24, 2.45) is 0 Å². The number of benzene rings is 1. The van der Waals surface area contributed by atoms with Gasteiger partial charge in [0, 0.05) is 31.9 Å². The molecule has 1 heterocycles. The number of anilines is 2. The fraction of sp³-hybridized carbons (Fsp3) is 0.500. The van der Waals surface area contributed by atoms with Gasteiger partial charge in [-0.1, -0.05) is 6.07 Å². The van der Waals surface area contributed by atoms with E-state index in [1.165, 1.54) is 0 Å². The molecule has 18 heavy (non-hydrogen) atoms. The Hall–Kier alpha value is -1.27. The highest BCUT2D eigenvalue weighted by atomic mass is 32.2. The zero-order valence-electron chi connectivity index (χ0n) is 10.8. The van der Waals surface area contributed by atoms with Crippen molar-refractivity contribution in [3.63, 3.8) is 0 Å². The van der Waals surface area contributed by atoms with Gasteiger partial charge in [0.1, 0.15) is 0 Å². The zero-order chi connectivity index (χ0) is 13.2. The monoisotopic (exact) mass is 269 g/mol. The molecule has 0 spiro atoms. The molecule has 0 unspecified atom stereocenters. The summed E-state index contributed by atoms with van der Waals surface area (Å²) in [4.78, 5) is 4.56. The van der Waals surface area contributed by atoms with Crippen LogP contribution in [0.1, 0.15) is 0 Å². The van der Waals surface area contributed by atoms with Crippen LogP contribution in [0.4, 0.5) is 11.4 Å². The van der Waals surface area contributed by atoms with Crippen LogP contribution in [0, 0.1) is 0 Å². The Balaban J connectivity index is 2.12. The van der Waals surface area contributed by atoms with Gasteiger partial charge in [-0.15, -0.1) is 0 Å². The number of nitrogens with zero attached hydrogens (tertiary/aromatic N) is 2. The lowest BCUT2D eigenvalue weighted by molar-refractivity contribution is 0.313. The van der Waals surface area contributed by atoms with Gasteiger partial charge < -0.3 is 9.80 Å². The molecule has 2 rings (SSSR count). The summed E-state index contributed by atoms with van der Waals surface area (Å²) in [5.41, 5.74) is 1.69. The number of sulfonamides is 1. The van der Waals surface area contributed by atoms with E-state index >= 15 is 0 Å². The van der Waals surface area contributed by atoms with Crippen LogP contribution in [-0.4, -0.2) is 52.8 Å². The lowest BCUT2D eigenvalue weighted by Gasteiger charge is -2.34. The molecule has 1 aliphatic heterocycles. The van der Waals surface area contributed by atoms with E-state index in [1.54, 1.807) is 6.07 Å². The van der Waals surface area contributed by atoms with Crippen molar-refractivity contribution in [3.05, 3.63) is 24.3 Å². The van der Waals surface area contributed by atoms with Crippen LogP contribution >= 0.6 is 0 Å². The highest BCUT2D eigenvalue weighted by Crippen LogP contribution is 2.21. The lowest BCUT2D eigenvalue weighted by Crippen LogP contribution is -2.44. The molecule has 6 heteroatoms. The SMILES string of the molecule is CN1CCN(c2cccc(NS(C)(=O)=O)c2)CC1. The number of hydrogen-bond acceptors (Lipinski definition) is 4. The summed E-state index contributed by atoms with van der Waals surface area (Å²) < 4.78 is 24.9. The van der Waals surface area contributed by atoms with Crippen molar-refractivity contribution in [2.45, 2.75) is 0 Å². The quantitative estimate of drug-likeness (QED) is 0.882. The number of likely N-dealkylation sites (N-methyl/N-ethyl adjacent to an activating group) is 1. The summed E-state index contributed by atoms with van der Waals surface area (Å²) in [6.45, 7) is 4.01. The number of nitrogens with one attached hydrogen (secondary N) is 1. The average Bonchev–Trinajstić information content (AvgIpc) is 2.28. The minimum atomic E-state index is -3.21. The summed E-state index contributed by atoms with van der Waals surface area (Å²) in [6, 6.07) is 7.53. The van der Waals surface area contributed by atoms with Gasteiger partial charge in [0.25, 0.3) is 0 Å². The molecule has 0 radical (unpaired) electrons. The smallest absolute Gasteiger partial charge is 0.229 e. The maximum Gasteiger partial charge on any atom is 0.229 e. The van der Waals surface area contributed by atoms with E-state index in [2.05, 4.69) is 21.6 Å². The third kappa shape index (κ3) is 3.61. The van der Waals surface area contributed by atoms with Gasteiger partial charge in [0.05, 0.1) is 11.9 Å². The zero-order valence-corrected chi connectivity index (χ0v) is 11.6. The molecular weight excluding hydrogens is 250 g/mol. The van der Waals surface area contributed by atoms with Crippen LogP contribution in [-0.2, 0) is 10.0 Å². The first-order valence-electron chi connectivity index (χ1n) is 5.95. The average molecular weight is 269 g/mol. The fourth-order valence-electron chi connectivity index (χ4n) is 2.04. The number of piperazine rings is 1. The molecule has 0 aromatic heterocycles. The van der Waals surface area contributed by atoms with E-state index in [0.29, 0.717) is 5.69 Å². The van der Waals surface area contributed by atoms with Gasteiger partial charge in [0.15, 0.2) is 0 Å². The van der Waals surface area contributed by atoms with Gasteiger partial charge in [-0.3, -0.25) is 4.72 Å². The molecule has 0 amide bonds. The topological polar surface area (TPSA) is 52.6 Å². The highest BCUT2D eigenvalue weighted by Gasteiger charge is 2.14. The standard InChI is InChI=1S/C12H19N3O2S/c1-14-6-8-15(9-7-14)12-5-3-4-11(10-12)13-18(2,16)17/h3-5,10,13H,6-9H2,1-2H3. The van der Waals surface area contributed by atoms with Gasteiger partial charge >= 0.3 is 0 Å². The molecule has 5 nitrogen and oxygen atoms in total. The Labute approximate surface area is 108 Å². The molecule has 1 aliphatic rings. The normalized spacial score (nSPS) is 17.8. The molecule has 1 saturated heterocycles. The van der Waals surface area contributed by atoms with Crippen LogP contribution in [0.15, 0.2) is 24.3 Å².